The SMILES string of the molecule is CCNC(=NCc1ccccc1Cn1cccn1)NCCc1ccc(Cl)nc1. The first-order valence-electron chi connectivity index (χ1n) is 9.41. The number of rotatable bonds is 8. The van der Waals surface area contributed by atoms with Gasteiger partial charge in [-0.25, -0.2) is 9.98 Å². The summed E-state index contributed by atoms with van der Waals surface area (Å²) < 4.78 is 1.92. The molecule has 0 spiro atoms. The fraction of sp³-hybridized carbons (Fsp3) is 0.286. The van der Waals surface area contributed by atoms with Crippen LogP contribution in [0.25, 0.3) is 0 Å². The average Bonchev–Trinajstić information content (AvgIpc) is 3.22. The lowest BCUT2D eigenvalue weighted by molar-refractivity contribution is 0.680. The average molecular weight is 397 g/mol. The molecule has 0 amide bonds. The second kappa shape index (κ2) is 10.5. The summed E-state index contributed by atoms with van der Waals surface area (Å²) in [4.78, 5) is 8.86. The Bertz CT molecular complexity index is 874. The number of benzene rings is 1. The highest BCUT2D eigenvalue weighted by atomic mass is 35.5. The molecule has 6 nitrogen and oxygen atoms in total. The molecule has 0 aliphatic heterocycles. The van der Waals surface area contributed by atoms with E-state index in [0.717, 1.165) is 37.6 Å². The maximum atomic E-state index is 5.83. The van der Waals surface area contributed by atoms with E-state index in [0.29, 0.717) is 11.7 Å². The zero-order valence-corrected chi connectivity index (χ0v) is 16.7. The number of hydrogen-bond acceptors (Lipinski definition) is 3. The van der Waals surface area contributed by atoms with Gasteiger partial charge in [-0.3, -0.25) is 4.68 Å². The minimum absolute atomic E-state index is 0.514. The van der Waals surface area contributed by atoms with Gasteiger partial charge < -0.3 is 10.6 Å². The smallest absolute Gasteiger partial charge is 0.191 e. The number of pyridine rings is 1. The van der Waals surface area contributed by atoms with Crippen molar-refractivity contribution in [3.63, 3.8) is 0 Å². The number of nitrogens with one attached hydrogen (secondary N) is 2. The molecule has 0 unspecified atom stereocenters. The molecule has 7 heteroatoms. The lowest BCUT2D eigenvalue weighted by Gasteiger charge is -2.12. The standard InChI is InChI=1S/C21H25ClN6/c1-2-23-21(24-12-10-17-8-9-20(22)25-14-17)26-15-18-6-3-4-7-19(18)16-28-13-5-11-27-28/h3-9,11,13-14H,2,10,12,15-16H2,1H3,(H2,23,24,26). The van der Waals surface area contributed by atoms with Gasteiger partial charge in [0.15, 0.2) is 5.96 Å². The largest absolute Gasteiger partial charge is 0.357 e. The molecule has 0 radical (unpaired) electrons. The number of halogens is 1. The van der Waals surface area contributed by atoms with Crippen LogP contribution in [0.1, 0.15) is 23.6 Å². The van der Waals surface area contributed by atoms with Gasteiger partial charge >= 0.3 is 0 Å². The summed E-state index contributed by atoms with van der Waals surface area (Å²) in [5, 5.41) is 11.5. The molecule has 2 aromatic heterocycles. The van der Waals surface area contributed by atoms with Crippen molar-refractivity contribution in [2.75, 3.05) is 13.1 Å². The number of guanidine groups is 1. The van der Waals surface area contributed by atoms with E-state index < -0.39 is 0 Å². The molecule has 146 valence electrons. The summed E-state index contributed by atoms with van der Waals surface area (Å²) in [6, 6.07) is 14.1. The Balaban J connectivity index is 1.60. The molecule has 2 heterocycles. The van der Waals surface area contributed by atoms with Crippen LogP contribution in [0.2, 0.25) is 5.15 Å². The highest BCUT2D eigenvalue weighted by molar-refractivity contribution is 6.29. The van der Waals surface area contributed by atoms with E-state index in [9.17, 15) is 0 Å². The van der Waals surface area contributed by atoms with Crippen molar-refractivity contribution in [3.05, 3.63) is 82.9 Å². The fourth-order valence-corrected chi connectivity index (χ4v) is 2.93. The van der Waals surface area contributed by atoms with E-state index in [-0.39, 0.29) is 0 Å². The Morgan fingerprint density at radius 3 is 2.68 bits per heavy atom. The van der Waals surface area contributed by atoms with E-state index >= 15 is 0 Å². The minimum atomic E-state index is 0.514. The molecule has 0 aliphatic rings. The molecule has 0 saturated carbocycles. The Morgan fingerprint density at radius 2 is 1.96 bits per heavy atom. The van der Waals surface area contributed by atoms with Crippen molar-refractivity contribution in [1.29, 1.82) is 0 Å². The van der Waals surface area contributed by atoms with Crippen molar-refractivity contribution in [2.45, 2.75) is 26.4 Å². The molecule has 28 heavy (non-hydrogen) atoms. The molecule has 0 bridgehead atoms. The van der Waals surface area contributed by atoms with E-state index in [4.69, 9.17) is 16.6 Å². The summed E-state index contributed by atoms with van der Waals surface area (Å²) >= 11 is 5.83. The van der Waals surface area contributed by atoms with Crippen LogP contribution in [-0.2, 0) is 19.5 Å². The Labute approximate surface area is 170 Å². The lowest BCUT2D eigenvalue weighted by Crippen LogP contribution is -2.38. The van der Waals surface area contributed by atoms with Crippen molar-refractivity contribution in [2.24, 2.45) is 4.99 Å². The first-order chi connectivity index (χ1) is 13.7. The normalized spacial score (nSPS) is 11.4. The first kappa shape index (κ1) is 19.9. The van der Waals surface area contributed by atoms with E-state index in [1.807, 2.05) is 35.1 Å². The van der Waals surface area contributed by atoms with E-state index in [1.54, 1.807) is 12.4 Å². The van der Waals surface area contributed by atoms with Gasteiger partial charge in [-0.15, -0.1) is 0 Å². The van der Waals surface area contributed by atoms with E-state index in [2.05, 4.69) is 45.8 Å². The zero-order chi connectivity index (χ0) is 19.6. The van der Waals surface area contributed by atoms with Gasteiger partial charge in [0.05, 0.1) is 13.1 Å². The van der Waals surface area contributed by atoms with Crippen LogP contribution >= 0.6 is 11.6 Å². The summed E-state index contributed by atoms with van der Waals surface area (Å²) in [6.07, 6.45) is 6.42. The molecule has 3 rings (SSSR count). The third-order valence-electron chi connectivity index (χ3n) is 4.26. The molecule has 1 aromatic carbocycles. The van der Waals surface area contributed by atoms with Gasteiger partial charge in [0, 0.05) is 31.7 Å². The second-order valence-corrected chi connectivity index (χ2v) is 6.72. The number of aromatic nitrogens is 3. The topological polar surface area (TPSA) is 67.1 Å². The van der Waals surface area contributed by atoms with Gasteiger partial charge in [-0.05, 0) is 42.2 Å². The molecular formula is C21H25ClN6. The predicted molar refractivity (Wildman–Crippen MR) is 114 cm³/mol. The van der Waals surface area contributed by atoms with E-state index in [1.165, 1.54) is 11.1 Å². The van der Waals surface area contributed by atoms with Crippen molar-refractivity contribution >= 4 is 17.6 Å². The number of nitrogens with zero attached hydrogens (tertiary/aromatic N) is 4. The third-order valence-corrected chi connectivity index (χ3v) is 4.48. The van der Waals surface area contributed by atoms with Gasteiger partial charge in [0.2, 0.25) is 0 Å². The molecule has 0 atom stereocenters. The second-order valence-electron chi connectivity index (χ2n) is 6.33. The molecule has 0 fully saturated rings. The van der Waals surface area contributed by atoms with Gasteiger partial charge in [-0.1, -0.05) is 41.9 Å². The highest BCUT2D eigenvalue weighted by Gasteiger charge is 2.04. The highest BCUT2D eigenvalue weighted by Crippen LogP contribution is 2.11. The van der Waals surface area contributed by atoms with Gasteiger partial charge in [-0.2, -0.15) is 5.10 Å². The lowest BCUT2D eigenvalue weighted by atomic mass is 10.1. The minimum Gasteiger partial charge on any atom is -0.357 e. The van der Waals surface area contributed by atoms with Gasteiger partial charge in [0.25, 0.3) is 0 Å². The molecule has 0 saturated heterocycles. The number of hydrogen-bond donors (Lipinski definition) is 2. The van der Waals surface area contributed by atoms with Crippen molar-refractivity contribution < 1.29 is 0 Å². The van der Waals surface area contributed by atoms with Crippen LogP contribution in [0.5, 0.6) is 0 Å². The maximum absolute atomic E-state index is 5.83. The van der Waals surface area contributed by atoms with Crippen LogP contribution in [0.4, 0.5) is 0 Å². The van der Waals surface area contributed by atoms with Crippen LogP contribution < -0.4 is 10.6 Å². The van der Waals surface area contributed by atoms with Crippen LogP contribution in [0.3, 0.4) is 0 Å². The summed E-state index contributed by atoms with van der Waals surface area (Å²) in [5.41, 5.74) is 3.55. The monoisotopic (exact) mass is 396 g/mol. The van der Waals surface area contributed by atoms with Crippen LogP contribution in [0.15, 0.2) is 66.0 Å². The third kappa shape index (κ3) is 6.09. The summed E-state index contributed by atoms with van der Waals surface area (Å²) in [6.45, 7) is 4.99. The van der Waals surface area contributed by atoms with Gasteiger partial charge in [0.1, 0.15) is 5.15 Å². The predicted octanol–water partition coefficient (Wildman–Crippen LogP) is 3.28. The quantitative estimate of drug-likeness (QED) is 0.348. The Morgan fingerprint density at radius 1 is 1.11 bits per heavy atom. The molecular weight excluding hydrogens is 372 g/mol. The van der Waals surface area contributed by atoms with Crippen molar-refractivity contribution in [3.8, 4) is 0 Å². The molecule has 0 aliphatic carbocycles. The molecule has 3 aromatic rings. The van der Waals surface area contributed by atoms with Crippen LogP contribution in [-0.4, -0.2) is 33.8 Å². The summed E-state index contributed by atoms with van der Waals surface area (Å²) in [7, 11) is 0. The Kier molecular flexibility index (Phi) is 7.44. The zero-order valence-electron chi connectivity index (χ0n) is 16.0. The number of aliphatic imine (C=N–C) groups is 1. The van der Waals surface area contributed by atoms with Crippen molar-refractivity contribution in [1.82, 2.24) is 25.4 Å². The molecule has 2 N–H and O–H groups in total. The Hall–Kier alpha value is -2.86. The van der Waals surface area contributed by atoms with Crippen LogP contribution in [0, 0.1) is 0 Å². The maximum Gasteiger partial charge on any atom is 0.191 e. The fourth-order valence-electron chi connectivity index (χ4n) is 2.82. The first-order valence-corrected chi connectivity index (χ1v) is 9.79. The summed E-state index contributed by atoms with van der Waals surface area (Å²) in [5.74, 6) is 0.804.